The maximum absolute atomic E-state index is 2.21. The van der Waals surface area contributed by atoms with Crippen LogP contribution < -0.4 is 0 Å². The average molecular weight is 158 g/mol. The fraction of sp³-hybridized carbons (Fsp3) is 0.333. The molecule has 0 aromatic heterocycles. The van der Waals surface area contributed by atoms with Crippen molar-refractivity contribution in [3.8, 4) is 0 Å². The molecule has 0 radical (unpaired) electrons. The highest BCUT2D eigenvalue weighted by molar-refractivity contribution is 5.34. The Morgan fingerprint density at radius 3 is 1.33 bits per heavy atom. The molecule has 0 spiro atoms. The van der Waals surface area contributed by atoms with E-state index in [4.69, 9.17) is 0 Å². The van der Waals surface area contributed by atoms with Gasteiger partial charge in [0, 0.05) is 0 Å². The van der Waals surface area contributed by atoms with Crippen molar-refractivity contribution in [2.75, 3.05) is 0 Å². The molecule has 0 atom stereocenters. The van der Waals surface area contributed by atoms with Crippen molar-refractivity contribution in [1.82, 2.24) is 0 Å². The third-order valence-corrected chi connectivity index (χ3v) is 2.45. The number of fused-ring (bicyclic) bond motifs is 1. The second-order valence-electron chi connectivity index (χ2n) is 3.32. The van der Waals surface area contributed by atoms with Crippen LogP contribution >= 0.6 is 0 Å². The van der Waals surface area contributed by atoms with Crippen molar-refractivity contribution in [1.29, 1.82) is 0 Å². The molecular formula is C12H14. The fourth-order valence-electron chi connectivity index (χ4n) is 1.30. The molecular weight excluding hydrogens is 144 g/mol. The Labute approximate surface area is 73.9 Å². The minimum absolute atomic E-state index is 1.30. The van der Waals surface area contributed by atoms with E-state index < -0.39 is 0 Å². The van der Waals surface area contributed by atoms with Crippen molar-refractivity contribution < 1.29 is 0 Å². The predicted molar refractivity (Wildman–Crippen MR) is 52.2 cm³/mol. The second-order valence-corrected chi connectivity index (χ2v) is 3.32. The Bertz CT molecular complexity index is 255. The number of hydrogen-bond donors (Lipinski definition) is 0. The van der Waals surface area contributed by atoms with E-state index in [2.05, 4.69) is 36.4 Å². The summed E-state index contributed by atoms with van der Waals surface area (Å²) in [6.07, 6.45) is 9.60. The zero-order valence-electron chi connectivity index (χ0n) is 7.29. The molecule has 0 heterocycles. The third-order valence-electron chi connectivity index (χ3n) is 2.45. The van der Waals surface area contributed by atoms with Crippen molar-refractivity contribution in [2.24, 2.45) is 0 Å². The standard InChI is InChI=1S/C8H8.C4H6/c1-2-4-8-6-5-7(8)3-1;1-2-4-3-1/h1-4H,5-6H2;1-2H,3-4H2. The number of aryl methyl sites for hydroxylation is 2. The lowest BCUT2D eigenvalue weighted by molar-refractivity contribution is 0.839. The Morgan fingerprint density at radius 2 is 1.17 bits per heavy atom. The summed E-state index contributed by atoms with van der Waals surface area (Å²) in [6.45, 7) is 0. The average Bonchev–Trinajstić information content (AvgIpc) is 1.88. The second kappa shape index (κ2) is 3.57. The molecule has 62 valence electrons. The SMILES string of the molecule is C1=CCC1.c1ccc2c(c1)CC2. The van der Waals surface area contributed by atoms with Crippen molar-refractivity contribution in [3.05, 3.63) is 47.5 Å². The van der Waals surface area contributed by atoms with Gasteiger partial charge in [-0.1, -0.05) is 36.4 Å². The molecule has 0 nitrogen and oxygen atoms in total. The lowest BCUT2D eigenvalue weighted by Crippen LogP contribution is -2.06. The lowest BCUT2D eigenvalue weighted by atomic mass is 9.89. The van der Waals surface area contributed by atoms with E-state index in [1.165, 1.54) is 25.7 Å². The van der Waals surface area contributed by atoms with Crippen LogP contribution in [0.5, 0.6) is 0 Å². The van der Waals surface area contributed by atoms with E-state index in [1.807, 2.05) is 0 Å². The van der Waals surface area contributed by atoms with Gasteiger partial charge in [0.2, 0.25) is 0 Å². The normalized spacial score (nSPS) is 16.3. The molecule has 0 aliphatic heterocycles. The van der Waals surface area contributed by atoms with Gasteiger partial charge < -0.3 is 0 Å². The summed E-state index contributed by atoms with van der Waals surface area (Å²) in [5.74, 6) is 0. The van der Waals surface area contributed by atoms with Crippen LogP contribution in [0.2, 0.25) is 0 Å². The monoisotopic (exact) mass is 158 g/mol. The first kappa shape index (κ1) is 7.60. The van der Waals surface area contributed by atoms with E-state index in [9.17, 15) is 0 Å². The van der Waals surface area contributed by atoms with E-state index >= 15 is 0 Å². The van der Waals surface area contributed by atoms with Gasteiger partial charge in [0.1, 0.15) is 0 Å². The Kier molecular flexibility index (Phi) is 2.26. The van der Waals surface area contributed by atoms with E-state index in [0.29, 0.717) is 0 Å². The third kappa shape index (κ3) is 1.58. The minimum Gasteiger partial charge on any atom is -0.0882 e. The minimum atomic E-state index is 1.30. The summed E-state index contributed by atoms with van der Waals surface area (Å²) >= 11 is 0. The molecule has 0 unspecified atom stereocenters. The quantitative estimate of drug-likeness (QED) is 0.509. The van der Waals surface area contributed by atoms with Gasteiger partial charge in [-0.15, -0.1) is 0 Å². The molecule has 1 aromatic rings. The van der Waals surface area contributed by atoms with Crippen molar-refractivity contribution in [2.45, 2.75) is 25.7 Å². The molecule has 3 rings (SSSR count). The molecule has 1 aromatic carbocycles. The Morgan fingerprint density at radius 1 is 0.750 bits per heavy atom. The van der Waals surface area contributed by atoms with Crippen LogP contribution in [-0.4, -0.2) is 0 Å². The van der Waals surface area contributed by atoms with Gasteiger partial charge >= 0.3 is 0 Å². The van der Waals surface area contributed by atoms with Gasteiger partial charge in [-0.05, 0) is 36.8 Å². The molecule has 0 heteroatoms. The summed E-state index contributed by atoms with van der Waals surface area (Å²) in [5.41, 5.74) is 3.10. The number of benzene rings is 1. The van der Waals surface area contributed by atoms with Gasteiger partial charge in [0.25, 0.3) is 0 Å². The molecule has 12 heavy (non-hydrogen) atoms. The van der Waals surface area contributed by atoms with Crippen LogP contribution in [0.4, 0.5) is 0 Å². The van der Waals surface area contributed by atoms with Crippen LogP contribution in [0.3, 0.4) is 0 Å². The number of rotatable bonds is 0. The summed E-state index contributed by atoms with van der Waals surface area (Å²) in [7, 11) is 0. The topological polar surface area (TPSA) is 0 Å². The summed E-state index contributed by atoms with van der Waals surface area (Å²) < 4.78 is 0. The Hall–Kier alpha value is -1.04. The highest BCUT2D eigenvalue weighted by Crippen LogP contribution is 2.20. The fourth-order valence-corrected chi connectivity index (χ4v) is 1.30. The molecule has 0 N–H and O–H groups in total. The van der Waals surface area contributed by atoms with Crippen LogP contribution in [0.1, 0.15) is 24.0 Å². The summed E-state index contributed by atoms with van der Waals surface area (Å²) in [6, 6.07) is 8.63. The van der Waals surface area contributed by atoms with Gasteiger partial charge in [-0.3, -0.25) is 0 Å². The highest BCUT2D eigenvalue weighted by atomic mass is 14.1. The van der Waals surface area contributed by atoms with Crippen molar-refractivity contribution in [3.63, 3.8) is 0 Å². The maximum Gasteiger partial charge on any atom is -0.0235 e. The molecule has 0 amide bonds. The molecule has 2 aliphatic carbocycles. The first-order valence-corrected chi connectivity index (χ1v) is 4.68. The van der Waals surface area contributed by atoms with E-state index in [0.717, 1.165) is 0 Å². The first-order chi connectivity index (χ1) is 5.97. The van der Waals surface area contributed by atoms with Gasteiger partial charge in [-0.2, -0.15) is 0 Å². The van der Waals surface area contributed by atoms with Gasteiger partial charge in [0.15, 0.2) is 0 Å². The van der Waals surface area contributed by atoms with Crippen LogP contribution in [-0.2, 0) is 12.8 Å². The van der Waals surface area contributed by atoms with Crippen LogP contribution in [0.25, 0.3) is 0 Å². The van der Waals surface area contributed by atoms with Crippen molar-refractivity contribution >= 4 is 0 Å². The Balaban J connectivity index is 0.000000119. The maximum atomic E-state index is 2.21. The number of hydrogen-bond acceptors (Lipinski definition) is 0. The smallest absolute Gasteiger partial charge is 0.0235 e. The van der Waals surface area contributed by atoms with Gasteiger partial charge in [0.05, 0.1) is 0 Å². The number of allylic oxidation sites excluding steroid dienone is 2. The van der Waals surface area contributed by atoms with Gasteiger partial charge in [-0.25, -0.2) is 0 Å². The molecule has 2 aliphatic rings. The zero-order valence-corrected chi connectivity index (χ0v) is 7.29. The molecule has 0 bridgehead atoms. The predicted octanol–water partition coefficient (Wildman–Crippen LogP) is 3.12. The molecule has 0 fully saturated rings. The van der Waals surface area contributed by atoms with E-state index in [-0.39, 0.29) is 0 Å². The lowest BCUT2D eigenvalue weighted by Gasteiger charge is -2.16. The van der Waals surface area contributed by atoms with Crippen LogP contribution in [0.15, 0.2) is 36.4 Å². The van der Waals surface area contributed by atoms with Crippen LogP contribution in [0, 0.1) is 0 Å². The highest BCUT2D eigenvalue weighted by Gasteiger charge is 2.09. The summed E-state index contributed by atoms with van der Waals surface area (Å²) in [5, 5.41) is 0. The first-order valence-electron chi connectivity index (χ1n) is 4.68. The molecule has 0 saturated carbocycles. The molecule has 0 saturated heterocycles. The largest absolute Gasteiger partial charge is 0.0882 e. The zero-order chi connectivity index (χ0) is 8.23. The van der Waals surface area contributed by atoms with E-state index in [1.54, 1.807) is 11.1 Å². The summed E-state index contributed by atoms with van der Waals surface area (Å²) in [4.78, 5) is 0.